The Hall–Kier alpha value is -0.290. The van der Waals surface area contributed by atoms with Gasteiger partial charge in [0.05, 0.1) is 5.75 Å². The van der Waals surface area contributed by atoms with E-state index in [0.29, 0.717) is 5.75 Å². The first-order valence-corrected chi connectivity index (χ1v) is 3.13. The SMILES string of the molecule is O=[N+]([O-])C1[CH]NSC1. The zero-order valence-electron chi connectivity index (χ0n) is 4.03. The van der Waals surface area contributed by atoms with Gasteiger partial charge in [-0.3, -0.25) is 14.8 Å². The maximum atomic E-state index is 9.92. The average Bonchev–Trinajstić information content (AvgIpc) is 2.12. The third kappa shape index (κ3) is 1.10. The molecule has 1 atom stereocenters. The van der Waals surface area contributed by atoms with Crippen LogP contribution >= 0.6 is 11.9 Å². The Morgan fingerprint density at radius 2 is 2.75 bits per heavy atom. The largest absolute Gasteiger partial charge is 0.264 e. The van der Waals surface area contributed by atoms with Gasteiger partial charge < -0.3 is 0 Å². The molecule has 45 valence electrons. The molecule has 0 aromatic rings. The summed E-state index contributed by atoms with van der Waals surface area (Å²) in [5.41, 5.74) is 0. The molecule has 0 aromatic carbocycles. The molecule has 0 spiro atoms. The summed E-state index contributed by atoms with van der Waals surface area (Å²) >= 11 is 1.36. The van der Waals surface area contributed by atoms with Crippen molar-refractivity contribution in [3.05, 3.63) is 16.7 Å². The van der Waals surface area contributed by atoms with Crippen LogP contribution in [0.3, 0.4) is 0 Å². The van der Waals surface area contributed by atoms with Crippen molar-refractivity contribution in [2.24, 2.45) is 0 Å². The van der Waals surface area contributed by atoms with E-state index in [-0.39, 0.29) is 4.92 Å². The van der Waals surface area contributed by atoms with Crippen LogP contribution in [0.1, 0.15) is 0 Å². The Kier molecular flexibility index (Phi) is 1.69. The fourth-order valence-electron chi connectivity index (χ4n) is 0.430. The van der Waals surface area contributed by atoms with E-state index in [1.54, 1.807) is 0 Å². The molecule has 1 fully saturated rings. The van der Waals surface area contributed by atoms with Crippen LogP contribution in [0.15, 0.2) is 0 Å². The zero-order chi connectivity index (χ0) is 5.98. The minimum atomic E-state index is -0.486. The lowest BCUT2D eigenvalue weighted by atomic mass is 10.4. The second-order valence-corrected chi connectivity index (χ2v) is 2.31. The molecule has 1 heterocycles. The smallest absolute Gasteiger partial charge is 0.241 e. The fraction of sp³-hybridized carbons (Fsp3) is 0.667. The molecule has 1 unspecified atom stereocenters. The van der Waals surface area contributed by atoms with Crippen LogP contribution in [0.5, 0.6) is 0 Å². The number of nitro groups is 1. The molecule has 0 aliphatic carbocycles. The van der Waals surface area contributed by atoms with Gasteiger partial charge in [0.15, 0.2) is 0 Å². The van der Waals surface area contributed by atoms with Crippen LogP contribution in [0, 0.1) is 16.7 Å². The first kappa shape index (κ1) is 5.84. The third-order valence-corrected chi connectivity index (χ3v) is 1.68. The summed E-state index contributed by atoms with van der Waals surface area (Å²) in [6.07, 6.45) is 0. The van der Waals surface area contributed by atoms with E-state index in [4.69, 9.17) is 0 Å². The number of nitrogens with one attached hydrogen (secondary N) is 1. The minimum Gasteiger partial charge on any atom is -0.264 e. The lowest BCUT2D eigenvalue weighted by Gasteiger charge is -1.92. The van der Waals surface area contributed by atoms with Gasteiger partial charge in [-0.2, -0.15) is 0 Å². The molecule has 4 nitrogen and oxygen atoms in total. The first-order chi connectivity index (χ1) is 3.80. The van der Waals surface area contributed by atoms with Crippen molar-refractivity contribution in [2.75, 3.05) is 5.75 Å². The fourth-order valence-corrected chi connectivity index (χ4v) is 1.17. The molecule has 1 aliphatic heterocycles. The zero-order valence-corrected chi connectivity index (χ0v) is 4.85. The van der Waals surface area contributed by atoms with Crippen molar-refractivity contribution >= 4 is 11.9 Å². The van der Waals surface area contributed by atoms with E-state index < -0.39 is 6.04 Å². The highest BCUT2D eigenvalue weighted by atomic mass is 32.2. The lowest BCUT2D eigenvalue weighted by Crippen LogP contribution is -2.19. The molecule has 8 heavy (non-hydrogen) atoms. The standard InChI is InChI=1S/C3H5N2O2S/c6-5(7)3-1-4-8-2-3/h1,3-4H,2H2. The molecular formula is C3H5N2O2S. The van der Waals surface area contributed by atoms with Gasteiger partial charge in [0.2, 0.25) is 6.04 Å². The van der Waals surface area contributed by atoms with Gasteiger partial charge in [-0.1, -0.05) is 11.9 Å². The van der Waals surface area contributed by atoms with Gasteiger partial charge in [-0.25, -0.2) is 0 Å². The molecule has 0 aromatic heterocycles. The molecule has 1 aliphatic rings. The van der Waals surface area contributed by atoms with Crippen molar-refractivity contribution in [1.29, 1.82) is 0 Å². The number of nitrogens with zero attached hydrogens (tertiary/aromatic N) is 1. The summed E-state index contributed by atoms with van der Waals surface area (Å²) in [7, 11) is 0. The van der Waals surface area contributed by atoms with Gasteiger partial charge in [0.1, 0.15) is 6.54 Å². The summed E-state index contributed by atoms with van der Waals surface area (Å²) in [4.78, 5) is 9.62. The van der Waals surface area contributed by atoms with Crippen LogP contribution in [0.2, 0.25) is 0 Å². The normalized spacial score (nSPS) is 28.2. The van der Waals surface area contributed by atoms with Crippen molar-refractivity contribution in [3.8, 4) is 0 Å². The van der Waals surface area contributed by atoms with E-state index in [1.165, 1.54) is 18.5 Å². The predicted octanol–water partition coefficient (Wildman–Crippen LogP) is 0.0449. The van der Waals surface area contributed by atoms with Gasteiger partial charge in [-0.15, -0.1) is 0 Å². The molecular weight excluding hydrogens is 128 g/mol. The molecule has 5 heteroatoms. The molecule has 0 bridgehead atoms. The van der Waals surface area contributed by atoms with Crippen LogP contribution < -0.4 is 4.72 Å². The van der Waals surface area contributed by atoms with Crippen molar-refractivity contribution in [3.63, 3.8) is 0 Å². The van der Waals surface area contributed by atoms with Crippen molar-refractivity contribution in [1.82, 2.24) is 4.72 Å². The molecule has 0 amide bonds. The van der Waals surface area contributed by atoms with Crippen LogP contribution in [-0.2, 0) is 0 Å². The summed E-state index contributed by atoms with van der Waals surface area (Å²) < 4.78 is 2.70. The summed E-state index contributed by atoms with van der Waals surface area (Å²) in [6.45, 7) is 1.49. The monoisotopic (exact) mass is 133 g/mol. The minimum absolute atomic E-state index is 0.299. The van der Waals surface area contributed by atoms with Crippen molar-refractivity contribution < 1.29 is 4.92 Å². The Morgan fingerprint density at radius 3 is 3.00 bits per heavy atom. The van der Waals surface area contributed by atoms with Gasteiger partial charge in [0, 0.05) is 4.92 Å². The number of rotatable bonds is 1. The highest BCUT2D eigenvalue weighted by molar-refractivity contribution is 7.97. The molecule has 0 saturated carbocycles. The molecule has 1 rings (SSSR count). The molecule has 1 N–H and O–H groups in total. The van der Waals surface area contributed by atoms with Gasteiger partial charge in [-0.05, 0) is 0 Å². The quantitative estimate of drug-likeness (QED) is 0.312. The molecule has 1 saturated heterocycles. The maximum Gasteiger partial charge on any atom is 0.241 e. The highest BCUT2D eigenvalue weighted by Crippen LogP contribution is 2.11. The maximum absolute atomic E-state index is 9.92. The van der Waals surface area contributed by atoms with Gasteiger partial charge in [0.25, 0.3) is 0 Å². The Bertz CT molecular complexity index is 101. The number of hydrogen-bond acceptors (Lipinski definition) is 4. The molecule has 1 radical (unpaired) electrons. The summed E-state index contributed by atoms with van der Waals surface area (Å²) in [6, 6.07) is -0.486. The number of hydrogen-bond donors (Lipinski definition) is 1. The summed E-state index contributed by atoms with van der Waals surface area (Å²) in [5.74, 6) is 0.549. The Morgan fingerprint density at radius 1 is 2.00 bits per heavy atom. The van der Waals surface area contributed by atoms with Gasteiger partial charge >= 0.3 is 0 Å². The Balaban J connectivity index is 2.35. The predicted molar refractivity (Wildman–Crippen MR) is 30.7 cm³/mol. The van der Waals surface area contributed by atoms with Crippen molar-refractivity contribution in [2.45, 2.75) is 6.04 Å². The van der Waals surface area contributed by atoms with E-state index >= 15 is 0 Å². The van der Waals surface area contributed by atoms with Crippen LogP contribution in [0.25, 0.3) is 0 Å². The van der Waals surface area contributed by atoms with Crippen LogP contribution in [0.4, 0.5) is 0 Å². The van der Waals surface area contributed by atoms with E-state index in [0.717, 1.165) is 0 Å². The summed E-state index contributed by atoms with van der Waals surface area (Å²) in [5, 5.41) is 9.92. The lowest BCUT2D eigenvalue weighted by molar-refractivity contribution is -0.506. The third-order valence-electron chi connectivity index (χ3n) is 0.869. The second-order valence-electron chi connectivity index (χ2n) is 1.45. The highest BCUT2D eigenvalue weighted by Gasteiger charge is 2.25. The second kappa shape index (κ2) is 2.32. The van der Waals surface area contributed by atoms with E-state index in [9.17, 15) is 10.1 Å². The van der Waals surface area contributed by atoms with E-state index in [1.807, 2.05) is 0 Å². The average molecular weight is 133 g/mol. The van der Waals surface area contributed by atoms with E-state index in [2.05, 4.69) is 4.72 Å². The van der Waals surface area contributed by atoms with Crippen LogP contribution in [-0.4, -0.2) is 16.7 Å². The first-order valence-electron chi connectivity index (χ1n) is 2.15. The Labute approximate surface area is 50.9 Å². The topological polar surface area (TPSA) is 55.2 Å².